The molecule has 0 unspecified atom stereocenters. The van der Waals surface area contributed by atoms with Crippen LogP contribution in [0.25, 0.3) is 0 Å². The fourth-order valence-electron chi connectivity index (χ4n) is 2.12. The van der Waals surface area contributed by atoms with Crippen LogP contribution in [-0.4, -0.2) is 17.3 Å². The molecule has 0 heterocycles. The molecule has 3 heteroatoms. The highest BCUT2D eigenvalue weighted by atomic mass is 16.2. The number of carbonyl (C=O) groups excluding carboxylic acids is 3. The van der Waals surface area contributed by atoms with Crippen LogP contribution in [0.4, 0.5) is 0 Å². The maximum absolute atomic E-state index is 11.9. The molecule has 1 aliphatic rings. The average Bonchev–Trinajstić information content (AvgIpc) is 2.18. The van der Waals surface area contributed by atoms with Gasteiger partial charge in [0.2, 0.25) is 0 Å². The predicted octanol–water partition coefficient (Wildman–Crippen LogP) is 1.93. The number of rotatable bonds is 3. The largest absolute Gasteiger partial charge is 0.300 e. The first-order valence-electron chi connectivity index (χ1n) is 5.45. The van der Waals surface area contributed by atoms with Gasteiger partial charge in [-0.05, 0) is 26.7 Å². The lowest BCUT2D eigenvalue weighted by Gasteiger charge is -2.33. The normalized spacial score (nSPS) is 31.8. The van der Waals surface area contributed by atoms with Gasteiger partial charge in [0.25, 0.3) is 0 Å². The second-order valence-electron chi connectivity index (χ2n) is 4.76. The van der Waals surface area contributed by atoms with Crippen LogP contribution in [-0.2, 0) is 14.4 Å². The zero-order chi connectivity index (χ0) is 11.6. The number of hydrogen-bond acceptors (Lipinski definition) is 3. The van der Waals surface area contributed by atoms with Crippen LogP contribution in [0.5, 0.6) is 0 Å². The van der Waals surface area contributed by atoms with Gasteiger partial charge in [-0.15, -0.1) is 0 Å². The minimum Gasteiger partial charge on any atom is -0.300 e. The molecular formula is C12H18O3. The van der Waals surface area contributed by atoms with Crippen molar-refractivity contribution in [3.05, 3.63) is 0 Å². The quantitative estimate of drug-likeness (QED) is 0.669. The molecule has 0 radical (unpaired) electrons. The van der Waals surface area contributed by atoms with Crippen LogP contribution < -0.4 is 0 Å². The number of Topliss-reactive ketones (excluding diaryl/α,β-unsaturated/α-hetero) is 3. The SMILES string of the molecule is CC(=O)CC[C@]1(C)C(=O)CC[C@@H](C)C1=O. The summed E-state index contributed by atoms with van der Waals surface area (Å²) in [6.45, 7) is 5.04. The summed E-state index contributed by atoms with van der Waals surface area (Å²) in [4.78, 5) is 34.6. The Kier molecular flexibility index (Phi) is 3.42. The number of hydrogen-bond donors (Lipinski definition) is 0. The molecule has 1 saturated carbocycles. The first-order valence-corrected chi connectivity index (χ1v) is 5.45. The third kappa shape index (κ3) is 2.33. The summed E-state index contributed by atoms with van der Waals surface area (Å²) in [6.07, 6.45) is 1.83. The Balaban J connectivity index is 2.81. The van der Waals surface area contributed by atoms with Crippen LogP contribution >= 0.6 is 0 Å². The van der Waals surface area contributed by atoms with E-state index in [1.165, 1.54) is 6.92 Å². The Morgan fingerprint density at radius 1 is 1.47 bits per heavy atom. The van der Waals surface area contributed by atoms with Gasteiger partial charge < -0.3 is 4.79 Å². The summed E-state index contributed by atoms with van der Waals surface area (Å²) in [5.41, 5.74) is -0.899. The van der Waals surface area contributed by atoms with Gasteiger partial charge in [-0.25, -0.2) is 0 Å². The molecule has 0 amide bonds. The molecule has 1 fully saturated rings. The van der Waals surface area contributed by atoms with E-state index in [4.69, 9.17) is 0 Å². The molecule has 84 valence electrons. The lowest BCUT2D eigenvalue weighted by Crippen LogP contribution is -2.44. The summed E-state index contributed by atoms with van der Waals surface area (Å²) >= 11 is 0. The second kappa shape index (κ2) is 4.25. The highest BCUT2D eigenvalue weighted by Gasteiger charge is 2.45. The fraction of sp³-hybridized carbons (Fsp3) is 0.750. The molecule has 0 aromatic rings. The van der Waals surface area contributed by atoms with E-state index in [0.717, 1.165) is 0 Å². The molecule has 0 bridgehead atoms. The van der Waals surface area contributed by atoms with Crippen LogP contribution in [0.1, 0.15) is 46.5 Å². The van der Waals surface area contributed by atoms with Gasteiger partial charge in [0.15, 0.2) is 0 Å². The summed E-state index contributed by atoms with van der Waals surface area (Å²) in [6, 6.07) is 0. The minimum atomic E-state index is -0.899. The Labute approximate surface area is 90.2 Å². The van der Waals surface area contributed by atoms with Gasteiger partial charge >= 0.3 is 0 Å². The minimum absolute atomic E-state index is 0.00634. The van der Waals surface area contributed by atoms with E-state index in [-0.39, 0.29) is 23.3 Å². The Hall–Kier alpha value is -0.990. The van der Waals surface area contributed by atoms with Crippen molar-refractivity contribution in [3.63, 3.8) is 0 Å². The summed E-state index contributed by atoms with van der Waals surface area (Å²) in [5.74, 6) is 0.0153. The molecule has 1 aliphatic carbocycles. The van der Waals surface area contributed by atoms with Crippen LogP contribution in [0.15, 0.2) is 0 Å². The Bertz CT molecular complexity index is 306. The van der Waals surface area contributed by atoms with Gasteiger partial charge in [-0.3, -0.25) is 9.59 Å². The van der Waals surface area contributed by atoms with Crippen molar-refractivity contribution in [1.29, 1.82) is 0 Å². The van der Waals surface area contributed by atoms with Crippen molar-refractivity contribution >= 4 is 17.3 Å². The zero-order valence-electron chi connectivity index (χ0n) is 9.63. The topological polar surface area (TPSA) is 51.2 Å². The first-order chi connectivity index (χ1) is 6.88. The van der Waals surface area contributed by atoms with E-state index in [0.29, 0.717) is 25.7 Å². The predicted molar refractivity (Wildman–Crippen MR) is 56.4 cm³/mol. The maximum atomic E-state index is 11.9. The van der Waals surface area contributed by atoms with E-state index in [1.807, 2.05) is 6.92 Å². The van der Waals surface area contributed by atoms with Gasteiger partial charge in [0.1, 0.15) is 17.3 Å². The van der Waals surface area contributed by atoms with Gasteiger partial charge in [0.05, 0.1) is 5.41 Å². The van der Waals surface area contributed by atoms with E-state index in [2.05, 4.69) is 0 Å². The lowest BCUT2D eigenvalue weighted by atomic mass is 9.67. The summed E-state index contributed by atoms with van der Waals surface area (Å²) in [5, 5.41) is 0. The molecule has 0 aromatic carbocycles. The van der Waals surface area contributed by atoms with Gasteiger partial charge in [0, 0.05) is 18.8 Å². The third-order valence-corrected chi connectivity index (χ3v) is 3.39. The Morgan fingerprint density at radius 3 is 2.60 bits per heavy atom. The smallest absolute Gasteiger partial charge is 0.148 e. The zero-order valence-corrected chi connectivity index (χ0v) is 9.63. The van der Waals surface area contributed by atoms with E-state index >= 15 is 0 Å². The van der Waals surface area contributed by atoms with Crippen LogP contribution in [0, 0.1) is 11.3 Å². The molecule has 0 N–H and O–H groups in total. The summed E-state index contributed by atoms with van der Waals surface area (Å²) < 4.78 is 0. The lowest BCUT2D eigenvalue weighted by molar-refractivity contribution is -0.146. The number of ketones is 3. The molecule has 2 atom stereocenters. The van der Waals surface area contributed by atoms with Crippen molar-refractivity contribution in [2.24, 2.45) is 11.3 Å². The van der Waals surface area contributed by atoms with E-state index in [9.17, 15) is 14.4 Å². The third-order valence-electron chi connectivity index (χ3n) is 3.39. The summed E-state index contributed by atoms with van der Waals surface area (Å²) in [7, 11) is 0. The van der Waals surface area contributed by atoms with Crippen LogP contribution in [0.2, 0.25) is 0 Å². The fourth-order valence-corrected chi connectivity index (χ4v) is 2.12. The van der Waals surface area contributed by atoms with Gasteiger partial charge in [-0.2, -0.15) is 0 Å². The average molecular weight is 210 g/mol. The molecule has 3 nitrogen and oxygen atoms in total. The Morgan fingerprint density at radius 2 is 2.07 bits per heavy atom. The molecule has 0 spiro atoms. The van der Waals surface area contributed by atoms with Crippen molar-refractivity contribution in [2.45, 2.75) is 46.5 Å². The monoisotopic (exact) mass is 210 g/mol. The molecular weight excluding hydrogens is 192 g/mol. The molecule has 1 rings (SSSR count). The standard InChI is InChI=1S/C12H18O3/c1-8-4-5-10(14)12(3,11(8)15)7-6-9(2)13/h8H,4-7H2,1-3H3/t8-,12-/m1/s1. The molecule has 15 heavy (non-hydrogen) atoms. The van der Waals surface area contributed by atoms with Crippen LogP contribution in [0.3, 0.4) is 0 Å². The first kappa shape index (κ1) is 12.1. The van der Waals surface area contributed by atoms with Crippen molar-refractivity contribution < 1.29 is 14.4 Å². The molecule has 0 saturated heterocycles. The maximum Gasteiger partial charge on any atom is 0.148 e. The molecule has 0 aliphatic heterocycles. The van der Waals surface area contributed by atoms with E-state index in [1.54, 1.807) is 6.92 Å². The highest BCUT2D eigenvalue weighted by molar-refractivity contribution is 6.09. The second-order valence-corrected chi connectivity index (χ2v) is 4.76. The number of carbonyl (C=O) groups is 3. The van der Waals surface area contributed by atoms with E-state index < -0.39 is 5.41 Å². The molecule has 0 aromatic heterocycles. The van der Waals surface area contributed by atoms with Crippen molar-refractivity contribution in [3.8, 4) is 0 Å². The van der Waals surface area contributed by atoms with Crippen molar-refractivity contribution in [2.75, 3.05) is 0 Å². The highest BCUT2D eigenvalue weighted by Crippen LogP contribution is 2.36. The van der Waals surface area contributed by atoms with Crippen molar-refractivity contribution in [1.82, 2.24) is 0 Å². The van der Waals surface area contributed by atoms with Gasteiger partial charge in [-0.1, -0.05) is 6.92 Å².